The number of rotatable bonds is 8. The molecular formula is C29H29NO3. The highest BCUT2D eigenvalue weighted by atomic mass is 16.5. The fourth-order valence-corrected chi connectivity index (χ4v) is 3.92. The molecule has 4 rings (SSSR count). The number of carbonyl (C=O) groups excluding carboxylic acids is 1. The van der Waals surface area contributed by atoms with Crippen molar-refractivity contribution in [2.24, 2.45) is 0 Å². The highest BCUT2D eigenvalue weighted by Crippen LogP contribution is 2.36. The number of benzene rings is 3. The first-order chi connectivity index (χ1) is 16.1. The van der Waals surface area contributed by atoms with Gasteiger partial charge >= 0.3 is 0 Å². The third-order valence-electron chi connectivity index (χ3n) is 5.76. The van der Waals surface area contributed by atoms with E-state index in [1.165, 1.54) is 0 Å². The van der Waals surface area contributed by atoms with Gasteiger partial charge in [-0.25, -0.2) is 0 Å². The van der Waals surface area contributed by atoms with Gasteiger partial charge < -0.3 is 14.1 Å². The standard InChI is InChI=1S/C29H29NO3/c1-4-30(5-2)27(31)19-21(3)26-20-24-17-12-18-25(29(24)33-26)32-28(22-13-8-6-9-14-22)23-15-10-7-11-16-23/h6-20,28H,4-5H2,1-3H3/b21-19+. The van der Waals surface area contributed by atoms with Gasteiger partial charge in [-0.1, -0.05) is 72.8 Å². The van der Waals surface area contributed by atoms with Crippen LogP contribution in [0.2, 0.25) is 0 Å². The van der Waals surface area contributed by atoms with Crippen LogP contribution in [0, 0.1) is 0 Å². The summed E-state index contributed by atoms with van der Waals surface area (Å²) < 4.78 is 12.8. The Kier molecular flexibility index (Phi) is 6.94. The van der Waals surface area contributed by atoms with Crippen molar-refractivity contribution in [2.75, 3.05) is 13.1 Å². The largest absolute Gasteiger partial charge is 0.477 e. The number of fused-ring (bicyclic) bond motifs is 1. The van der Waals surface area contributed by atoms with Crippen molar-refractivity contribution in [1.29, 1.82) is 0 Å². The summed E-state index contributed by atoms with van der Waals surface area (Å²) in [7, 11) is 0. The molecule has 0 saturated carbocycles. The average Bonchev–Trinajstić information content (AvgIpc) is 3.30. The summed E-state index contributed by atoms with van der Waals surface area (Å²) in [6, 6.07) is 28.2. The van der Waals surface area contributed by atoms with Gasteiger partial charge in [0.05, 0.1) is 0 Å². The second-order valence-electron chi connectivity index (χ2n) is 7.94. The summed E-state index contributed by atoms with van der Waals surface area (Å²) in [5.74, 6) is 1.32. The molecule has 1 heterocycles. The van der Waals surface area contributed by atoms with E-state index in [-0.39, 0.29) is 12.0 Å². The van der Waals surface area contributed by atoms with Crippen LogP contribution in [0.15, 0.2) is 95.4 Å². The lowest BCUT2D eigenvalue weighted by Gasteiger charge is -2.20. The Labute approximate surface area is 195 Å². The molecule has 0 unspecified atom stereocenters. The van der Waals surface area contributed by atoms with E-state index in [1.807, 2.05) is 81.4 Å². The lowest BCUT2D eigenvalue weighted by Crippen LogP contribution is -2.28. The predicted octanol–water partition coefficient (Wildman–Crippen LogP) is 6.87. The van der Waals surface area contributed by atoms with E-state index in [4.69, 9.17) is 9.15 Å². The molecule has 0 radical (unpaired) electrons. The van der Waals surface area contributed by atoms with Crippen molar-refractivity contribution in [3.63, 3.8) is 0 Å². The third kappa shape index (κ3) is 5.01. The van der Waals surface area contributed by atoms with Crippen LogP contribution in [0.4, 0.5) is 0 Å². The van der Waals surface area contributed by atoms with Crippen molar-refractivity contribution >= 4 is 22.4 Å². The highest BCUT2D eigenvalue weighted by Gasteiger charge is 2.19. The highest BCUT2D eigenvalue weighted by molar-refractivity contribution is 5.95. The quantitative estimate of drug-likeness (QED) is 0.281. The van der Waals surface area contributed by atoms with Gasteiger partial charge in [0.1, 0.15) is 11.9 Å². The van der Waals surface area contributed by atoms with E-state index in [1.54, 1.807) is 11.0 Å². The summed E-state index contributed by atoms with van der Waals surface area (Å²) >= 11 is 0. The average molecular weight is 440 g/mol. The molecule has 0 atom stereocenters. The Morgan fingerprint density at radius 1 is 0.909 bits per heavy atom. The molecule has 0 aliphatic rings. The summed E-state index contributed by atoms with van der Waals surface area (Å²) in [5.41, 5.74) is 3.59. The van der Waals surface area contributed by atoms with Crippen LogP contribution in [0.3, 0.4) is 0 Å². The van der Waals surface area contributed by atoms with E-state index in [9.17, 15) is 4.79 Å². The zero-order valence-corrected chi connectivity index (χ0v) is 19.3. The Balaban J connectivity index is 1.70. The number of hydrogen-bond donors (Lipinski definition) is 0. The van der Waals surface area contributed by atoms with Gasteiger partial charge in [-0.2, -0.15) is 0 Å². The number of nitrogens with zero attached hydrogens (tertiary/aromatic N) is 1. The Morgan fingerprint density at radius 3 is 2.09 bits per heavy atom. The van der Waals surface area contributed by atoms with Crippen LogP contribution in [0.1, 0.15) is 43.8 Å². The maximum Gasteiger partial charge on any atom is 0.246 e. The second kappa shape index (κ2) is 10.2. The smallest absolute Gasteiger partial charge is 0.246 e. The molecule has 168 valence electrons. The number of likely N-dealkylation sites (N-methyl/N-ethyl adjacent to an activating group) is 1. The molecule has 0 N–H and O–H groups in total. The summed E-state index contributed by atoms with van der Waals surface area (Å²) in [5, 5.41) is 0.936. The van der Waals surface area contributed by atoms with Crippen molar-refractivity contribution in [3.8, 4) is 5.75 Å². The van der Waals surface area contributed by atoms with Crippen LogP contribution >= 0.6 is 0 Å². The fourth-order valence-electron chi connectivity index (χ4n) is 3.92. The van der Waals surface area contributed by atoms with Crippen molar-refractivity contribution in [3.05, 3.63) is 108 Å². The number of furan rings is 1. The van der Waals surface area contributed by atoms with Gasteiger partial charge in [-0.15, -0.1) is 0 Å². The van der Waals surface area contributed by atoms with E-state index in [0.717, 1.165) is 22.1 Å². The fraction of sp³-hybridized carbons (Fsp3) is 0.207. The number of carbonyl (C=O) groups is 1. The van der Waals surface area contributed by atoms with Crippen molar-refractivity contribution in [2.45, 2.75) is 26.9 Å². The van der Waals surface area contributed by atoms with Gasteiger partial charge in [0.15, 0.2) is 11.3 Å². The van der Waals surface area contributed by atoms with Crippen LogP contribution < -0.4 is 4.74 Å². The lowest BCUT2D eigenvalue weighted by molar-refractivity contribution is -0.125. The summed E-state index contributed by atoms with van der Waals surface area (Å²) in [4.78, 5) is 14.3. The van der Waals surface area contributed by atoms with E-state index >= 15 is 0 Å². The van der Waals surface area contributed by atoms with Gasteiger partial charge in [0, 0.05) is 24.6 Å². The number of ether oxygens (including phenoxy) is 1. The molecule has 0 fully saturated rings. The van der Waals surface area contributed by atoms with Crippen molar-refractivity contribution in [1.82, 2.24) is 4.90 Å². The molecule has 0 spiro atoms. The van der Waals surface area contributed by atoms with E-state index in [2.05, 4.69) is 24.3 Å². The van der Waals surface area contributed by atoms with Gasteiger partial charge in [0.25, 0.3) is 0 Å². The van der Waals surface area contributed by atoms with Crippen LogP contribution in [-0.4, -0.2) is 23.9 Å². The maximum atomic E-state index is 12.5. The van der Waals surface area contributed by atoms with Crippen LogP contribution in [0.25, 0.3) is 16.5 Å². The topological polar surface area (TPSA) is 42.7 Å². The normalized spacial score (nSPS) is 11.7. The van der Waals surface area contributed by atoms with Crippen molar-refractivity contribution < 1.29 is 13.9 Å². The molecule has 3 aromatic carbocycles. The molecule has 4 aromatic rings. The molecule has 0 saturated heterocycles. The third-order valence-corrected chi connectivity index (χ3v) is 5.76. The summed E-state index contributed by atoms with van der Waals surface area (Å²) in [6.45, 7) is 7.21. The minimum Gasteiger partial charge on any atom is -0.477 e. The Bertz CT molecular complexity index is 1200. The molecular weight excluding hydrogens is 410 g/mol. The molecule has 4 nitrogen and oxygen atoms in total. The zero-order chi connectivity index (χ0) is 23.2. The molecule has 33 heavy (non-hydrogen) atoms. The summed E-state index contributed by atoms with van der Waals surface area (Å²) in [6.07, 6.45) is 1.37. The first kappa shape index (κ1) is 22.4. The molecule has 1 amide bonds. The molecule has 4 heteroatoms. The van der Waals surface area contributed by atoms with Crippen LogP contribution in [0.5, 0.6) is 5.75 Å². The molecule has 1 aromatic heterocycles. The second-order valence-corrected chi connectivity index (χ2v) is 7.94. The SMILES string of the molecule is CCN(CC)C(=O)/C=C(\C)c1cc2cccc(OC(c3ccccc3)c3ccccc3)c2o1. The number of allylic oxidation sites excluding steroid dienone is 1. The minimum absolute atomic E-state index is 0.0114. The number of amides is 1. The zero-order valence-electron chi connectivity index (χ0n) is 19.3. The Morgan fingerprint density at radius 2 is 1.52 bits per heavy atom. The van der Waals surface area contributed by atoms with E-state index in [0.29, 0.717) is 30.2 Å². The maximum absolute atomic E-state index is 12.5. The first-order valence-electron chi connectivity index (χ1n) is 11.4. The van der Waals surface area contributed by atoms with E-state index < -0.39 is 0 Å². The van der Waals surface area contributed by atoms with Crippen LogP contribution in [-0.2, 0) is 4.79 Å². The molecule has 0 aliphatic carbocycles. The Hall–Kier alpha value is -3.79. The van der Waals surface area contributed by atoms with Gasteiger partial charge in [-0.3, -0.25) is 4.79 Å². The monoisotopic (exact) mass is 439 g/mol. The number of para-hydroxylation sites is 1. The molecule has 0 bridgehead atoms. The van der Waals surface area contributed by atoms with Gasteiger partial charge in [-0.05, 0) is 49.6 Å². The predicted molar refractivity (Wildman–Crippen MR) is 133 cm³/mol. The lowest BCUT2D eigenvalue weighted by atomic mass is 10.0. The first-order valence-corrected chi connectivity index (χ1v) is 11.4. The van der Waals surface area contributed by atoms with Gasteiger partial charge in [0.2, 0.25) is 5.91 Å². The molecule has 0 aliphatic heterocycles. The number of hydrogen-bond acceptors (Lipinski definition) is 3. The minimum atomic E-state index is -0.271.